The van der Waals surface area contributed by atoms with E-state index >= 15 is 0 Å². The van der Waals surface area contributed by atoms with Crippen LogP contribution in [0.2, 0.25) is 0 Å². The fourth-order valence-electron chi connectivity index (χ4n) is 4.39. The fourth-order valence-corrected chi connectivity index (χ4v) is 4.39. The lowest BCUT2D eigenvalue weighted by atomic mass is 9.88. The predicted octanol–water partition coefficient (Wildman–Crippen LogP) is 2.56. The van der Waals surface area contributed by atoms with Crippen molar-refractivity contribution in [1.82, 2.24) is 10.2 Å². The first-order chi connectivity index (χ1) is 17.4. The molecule has 1 saturated heterocycles. The Kier molecular flexibility index (Phi) is 9.85. The summed E-state index contributed by atoms with van der Waals surface area (Å²) >= 11 is 0. The van der Waals surface area contributed by atoms with E-state index in [2.05, 4.69) is 10.5 Å². The van der Waals surface area contributed by atoms with Crippen molar-refractivity contribution >= 4 is 23.6 Å². The molecule has 1 aliphatic heterocycles. The van der Waals surface area contributed by atoms with Gasteiger partial charge in [-0.1, -0.05) is 59.8 Å². The number of nitrogens with two attached hydrogens (primary N) is 1. The van der Waals surface area contributed by atoms with Crippen LogP contribution in [-0.2, 0) is 25.5 Å². The van der Waals surface area contributed by atoms with Gasteiger partial charge in [0.05, 0.1) is 19.6 Å². The summed E-state index contributed by atoms with van der Waals surface area (Å²) in [4.78, 5) is 39.2. The third-order valence-electron chi connectivity index (χ3n) is 6.35. The molecule has 0 aromatic heterocycles. The number of carbonyl (C=O) groups is 3. The molecule has 1 aliphatic rings. The maximum atomic E-state index is 12.8. The Balaban J connectivity index is 1.54. The van der Waals surface area contributed by atoms with Gasteiger partial charge in [0.1, 0.15) is 0 Å². The quantitative estimate of drug-likeness (QED) is 0.145. The zero-order valence-corrected chi connectivity index (χ0v) is 20.6. The van der Waals surface area contributed by atoms with Crippen molar-refractivity contribution in [2.75, 3.05) is 19.7 Å². The van der Waals surface area contributed by atoms with Crippen LogP contribution in [0.25, 0.3) is 0 Å². The molecule has 9 heteroatoms. The van der Waals surface area contributed by atoms with E-state index in [1.165, 1.54) is 0 Å². The zero-order valence-electron chi connectivity index (χ0n) is 20.6. The van der Waals surface area contributed by atoms with Crippen LogP contribution in [0.1, 0.15) is 55.2 Å². The average molecular weight is 495 g/mol. The van der Waals surface area contributed by atoms with E-state index in [1.807, 2.05) is 42.5 Å². The van der Waals surface area contributed by atoms with E-state index in [9.17, 15) is 14.4 Å². The number of oxime groups is 1. The van der Waals surface area contributed by atoms with Gasteiger partial charge in [0.2, 0.25) is 11.8 Å². The smallest absolute Gasteiger partial charge is 0.307 e. The molecule has 3 rings (SSSR count). The standard InChI is InChI=1S/C27H34N4O5/c1-2-36-26(34)17-23(13-8-19-6-4-3-5-7-19)29-24(32)18-31-15-14-22(16-25(31)33)20-9-11-21(12-10-20)27(28)30-35/h3-7,9-12,22-23,35H,2,8,13-18H2,1H3,(H2,28,30)(H,29,32). The highest BCUT2D eigenvalue weighted by atomic mass is 16.5. The summed E-state index contributed by atoms with van der Waals surface area (Å²) in [5.41, 5.74) is 8.33. The molecule has 1 fully saturated rings. The van der Waals surface area contributed by atoms with E-state index in [0.717, 1.165) is 17.5 Å². The number of ether oxygens (including phenoxy) is 1. The third-order valence-corrected chi connectivity index (χ3v) is 6.35. The molecule has 0 bridgehead atoms. The maximum absolute atomic E-state index is 12.8. The van der Waals surface area contributed by atoms with Gasteiger partial charge in [-0.15, -0.1) is 0 Å². The number of esters is 1. The summed E-state index contributed by atoms with van der Waals surface area (Å²) in [6.07, 6.45) is 2.42. The summed E-state index contributed by atoms with van der Waals surface area (Å²) in [6.45, 7) is 2.45. The molecule has 4 N–H and O–H groups in total. The maximum Gasteiger partial charge on any atom is 0.307 e. The summed E-state index contributed by atoms with van der Waals surface area (Å²) < 4.78 is 5.07. The number of nitrogens with one attached hydrogen (secondary N) is 1. The second-order valence-corrected chi connectivity index (χ2v) is 8.91. The lowest BCUT2D eigenvalue weighted by Crippen LogP contribution is -2.47. The lowest BCUT2D eigenvalue weighted by molar-refractivity contribution is -0.144. The first-order valence-electron chi connectivity index (χ1n) is 12.2. The number of hydrogen-bond donors (Lipinski definition) is 3. The Morgan fingerprint density at radius 1 is 1.19 bits per heavy atom. The van der Waals surface area contributed by atoms with Crippen LogP contribution in [0.5, 0.6) is 0 Å². The minimum absolute atomic E-state index is 0.0310. The van der Waals surface area contributed by atoms with Crippen LogP contribution in [0.3, 0.4) is 0 Å². The minimum atomic E-state index is -0.377. The van der Waals surface area contributed by atoms with Crippen molar-refractivity contribution < 1.29 is 24.3 Å². The van der Waals surface area contributed by atoms with E-state index in [4.69, 9.17) is 15.7 Å². The molecule has 2 amide bonds. The van der Waals surface area contributed by atoms with Crippen LogP contribution in [0, 0.1) is 0 Å². The number of likely N-dealkylation sites (tertiary alicyclic amines) is 1. The second-order valence-electron chi connectivity index (χ2n) is 8.91. The highest BCUT2D eigenvalue weighted by Crippen LogP contribution is 2.29. The van der Waals surface area contributed by atoms with Gasteiger partial charge in [0.15, 0.2) is 5.84 Å². The average Bonchev–Trinajstić information content (AvgIpc) is 2.89. The number of carbonyl (C=O) groups excluding carboxylic acids is 3. The van der Waals surface area contributed by atoms with Crippen molar-refractivity contribution in [1.29, 1.82) is 0 Å². The van der Waals surface area contributed by atoms with Crippen molar-refractivity contribution in [3.8, 4) is 0 Å². The van der Waals surface area contributed by atoms with Crippen molar-refractivity contribution in [2.24, 2.45) is 10.9 Å². The molecule has 0 spiro atoms. The van der Waals surface area contributed by atoms with Gasteiger partial charge < -0.3 is 25.9 Å². The van der Waals surface area contributed by atoms with Gasteiger partial charge in [-0.25, -0.2) is 0 Å². The van der Waals surface area contributed by atoms with E-state index < -0.39 is 0 Å². The number of nitrogens with zero attached hydrogens (tertiary/aromatic N) is 2. The number of piperidine rings is 1. The molecule has 0 saturated carbocycles. The molecule has 0 aliphatic carbocycles. The van der Waals surface area contributed by atoms with Crippen LogP contribution in [0.4, 0.5) is 0 Å². The molecule has 36 heavy (non-hydrogen) atoms. The number of hydrogen-bond acceptors (Lipinski definition) is 6. The normalized spacial score (nSPS) is 16.9. The van der Waals surface area contributed by atoms with Crippen molar-refractivity contribution in [2.45, 2.75) is 51.0 Å². The van der Waals surface area contributed by atoms with Gasteiger partial charge >= 0.3 is 5.97 Å². The Hall–Kier alpha value is -3.88. The third kappa shape index (κ3) is 7.83. The molecule has 2 aromatic carbocycles. The lowest BCUT2D eigenvalue weighted by Gasteiger charge is -2.32. The topological polar surface area (TPSA) is 134 Å². The van der Waals surface area contributed by atoms with Crippen LogP contribution < -0.4 is 11.1 Å². The van der Waals surface area contributed by atoms with Crippen LogP contribution >= 0.6 is 0 Å². The molecule has 0 radical (unpaired) electrons. The molecule has 2 atom stereocenters. The Morgan fingerprint density at radius 2 is 1.92 bits per heavy atom. The minimum Gasteiger partial charge on any atom is -0.466 e. The highest BCUT2D eigenvalue weighted by molar-refractivity contribution is 5.97. The summed E-state index contributed by atoms with van der Waals surface area (Å²) in [5.74, 6) is -0.657. The summed E-state index contributed by atoms with van der Waals surface area (Å²) in [5, 5.41) is 14.7. The van der Waals surface area contributed by atoms with E-state index in [1.54, 1.807) is 24.0 Å². The zero-order chi connectivity index (χ0) is 25.9. The first-order valence-corrected chi connectivity index (χ1v) is 12.2. The van der Waals surface area contributed by atoms with Gasteiger partial charge in [-0.2, -0.15) is 0 Å². The molecule has 192 valence electrons. The van der Waals surface area contributed by atoms with Crippen LogP contribution in [-0.4, -0.2) is 59.5 Å². The van der Waals surface area contributed by atoms with Crippen molar-refractivity contribution in [3.05, 3.63) is 71.3 Å². The number of rotatable bonds is 11. The SMILES string of the molecule is CCOC(=O)CC(CCc1ccccc1)NC(=O)CN1CCC(c2ccc(C(N)=NO)cc2)CC1=O. The molecular weight excluding hydrogens is 460 g/mol. The summed E-state index contributed by atoms with van der Waals surface area (Å²) in [6, 6.07) is 16.8. The number of amidine groups is 1. The largest absolute Gasteiger partial charge is 0.466 e. The number of amides is 2. The Labute approximate surface area is 211 Å². The fraction of sp³-hybridized carbons (Fsp3) is 0.407. The molecular formula is C27H34N4O5. The van der Waals surface area contributed by atoms with Gasteiger partial charge in [-0.3, -0.25) is 14.4 Å². The molecule has 2 aromatic rings. The molecule has 1 heterocycles. The Bertz CT molecular complexity index is 1060. The summed E-state index contributed by atoms with van der Waals surface area (Å²) in [7, 11) is 0. The number of aryl methyl sites for hydroxylation is 1. The van der Waals surface area contributed by atoms with Gasteiger partial charge in [0.25, 0.3) is 0 Å². The predicted molar refractivity (Wildman–Crippen MR) is 135 cm³/mol. The van der Waals surface area contributed by atoms with Gasteiger partial charge in [0, 0.05) is 24.6 Å². The monoisotopic (exact) mass is 494 g/mol. The van der Waals surface area contributed by atoms with E-state index in [0.29, 0.717) is 31.4 Å². The highest BCUT2D eigenvalue weighted by Gasteiger charge is 2.29. The molecule has 9 nitrogen and oxygen atoms in total. The first kappa shape index (κ1) is 26.7. The molecule has 2 unspecified atom stereocenters. The number of benzene rings is 2. The van der Waals surface area contributed by atoms with Gasteiger partial charge in [-0.05, 0) is 43.2 Å². The van der Waals surface area contributed by atoms with E-state index in [-0.39, 0.29) is 55.2 Å². The van der Waals surface area contributed by atoms with Crippen LogP contribution in [0.15, 0.2) is 59.8 Å². The van der Waals surface area contributed by atoms with Crippen molar-refractivity contribution in [3.63, 3.8) is 0 Å². The Morgan fingerprint density at radius 3 is 2.56 bits per heavy atom. The second kappa shape index (κ2) is 13.3.